The fourth-order valence-electron chi connectivity index (χ4n) is 1.55. The molecule has 2 heterocycles. The maximum Gasteiger partial charge on any atom is 0.225 e. The van der Waals surface area contributed by atoms with E-state index in [9.17, 15) is 4.79 Å². The summed E-state index contributed by atoms with van der Waals surface area (Å²) in [5, 5.41) is 5.99. The highest BCUT2D eigenvalue weighted by Crippen LogP contribution is 2.06. The molecule has 86 valence electrons. The molecule has 1 unspecified atom stereocenters. The van der Waals surface area contributed by atoms with Crippen LogP contribution in [0, 0.1) is 5.92 Å². The molecule has 0 aromatic carbocycles. The minimum atomic E-state index is 0. The molecule has 4 nitrogen and oxygen atoms in total. The predicted octanol–water partition coefficient (Wildman–Crippen LogP) is 0.0889. The average Bonchev–Trinajstić information content (AvgIpc) is 2.14. The molecule has 5 heteroatoms. The summed E-state index contributed by atoms with van der Waals surface area (Å²) in [6, 6.07) is 0. The second-order valence-corrected chi connectivity index (χ2v) is 3.76. The summed E-state index contributed by atoms with van der Waals surface area (Å²) in [7, 11) is 0. The minimum absolute atomic E-state index is 0. The van der Waals surface area contributed by atoms with E-state index in [0.29, 0.717) is 13.2 Å². The van der Waals surface area contributed by atoms with Gasteiger partial charge in [-0.1, -0.05) is 12.2 Å². The van der Waals surface area contributed by atoms with Crippen LogP contribution in [0.1, 0.15) is 6.42 Å². The first kappa shape index (κ1) is 12.5. The van der Waals surface area contributed by atoms with Crippen molar-refractivity contribution in [1.82, 2.24) is 10.6 Å². The maximum atomic E-state index is 11.4. The van der Waals surface area contributed by atoms with Crippen molar-refractivity contribution in [2.45, 2.75) is 12.5 Å². The molecule has 1 saturated heterocycles. The Bertz CT molecular complexity index is 242. The van der Waals surface area contributed by atoms with Crippen LogP contribution in [0.3, 0.4) is 0 Å². The standard InChI is InChI=1S/C10H16N2O2.ClH/c13-10(8-5-11-6-8)12-7-9-3-1-2-4-14-9;/h1-2,8-9,11H,3-7H2,(H,12,13);1H. The van der Waals surface area contributed by atoms with E-state index in [2.05, 4.69) is 16.7 Å². The minimum Gasteiger partial charge on any atom is -0.372 e. The molecule has 0 radical (unpaired) electrons. The molecule has 1 atom stereocenters. The summed E-state index contributed by atoms with van der Waals surface area (Å²) in [5.74, 6) is 0.330. The first-order valence-electron chi connectivity index (χ1n) is 5.11. The van der Waals surface area contributed by atoms with Crippen LogP contribution < -0.4 is 10.6 Å². The van der Waals surface area contributed by atoms with E-state index in [1.165, 1.54) is 0 Å². The summed E-state index contributed by atoms with van der Waals surface area (Å²) in [6.07, 6.45) is 5.18. The Kier molecular flexibility index (Phi) is 5.08. The smallest absolute Gasteiger partial charge is 0.225 e. The van der Waals surface area contributed by atoms with Gasteiger partial charge in [0, 0.05) is 19.6 Å². The lowest BCUT2D eigenvalue weighted by atomic mass is 10.0. The first-order valence-corrected chi connectivity index (χ1v) is 5.11. The topological polar surface area (TPSA) is 50.4 Å². The molecule has 2 N–H and O–H groups in total. The monoisotopic (exact) mass is 232 g/mol. The molecular weight excluding hydrogens is 216 g/mol. The van der Waals surface area contributed by atoms with Crippen molar-refractivity contribution >= 4 is 18.3 Å². The Balaban J connectivity index is 0.00000112. The van der Waals surface area contributed by atoms with Crippen molar-refractivity contribution in [3.05, 3.63) is 12.2 Å². The zero-order valence-corrected chi connectivity index (χ0v) is 9.39. The van der Waals surface area contributed by atoms with E-state index in [0.717, 1.165) is 19.5 Å². The van der Waals surface area contributed by atoms with Crippen molar-refractivity contribution in [1.29, 1.82) is 0 Å². The highest BCUT2D eigenvalue weighted by molar-refractivity contribution is 5.85. The zero-order valence-electron chi connectivity index (χ0n) is 8.57. The Morgan fingerprint density at radius 2 is 2.27 bits per heavy atom. The third-order valence-corrected chi connectivity index (χ3v) is 2.65. The Labute approximate surface area is 95.9 Å². The second-order valence-electron chi connectivity index (χ2n) is 3.76. The maximum absolute atomic E-state index is 11.4. The molecule has 2 aliphatic heterocycles. The molecule has 0 spiro atoms. The third-order valence-electron chi connectivity index (χ3n) is 2.65. The molecule has 0 saturated carbocycles. The fraction of sp³-hybridized carbons (Fsp3) is 0.700. The van der Waals surface area contributed by atoms with E-state index in [1.807, 2.05) is 6.08 Å². The lowest BCUT2D eigenvalue weighted by Crippen LogP contribution is -2.51. The van der Waals surface area contributed by atoms with Crippen molar-refractivity contribution in [3.63, 3.8) is 0 Å². The van der Waals surface area contributed by atoms with Gasteiger partial charge in [-0.05, 0) is 6.42 Å². The molecule has 0 aromatic rings. The number of amides is 1. The summed E-state index contributed by atoms with van der Waals surface area (Å²) < 4.78 is 5.44. The molecule has 1 fully saturated rings. The van der Waals surface area contributed by atoms with Gasteiger partial charge in [0.1, 0.15) is 0 Å². The summed E-state index contributed by atoms with van der Waals surface area (Å²) >= 11 is 0. The van der Waals surface area contributed by atoms with Crippen LogP contribution >= 0.6 is 12.4 Å². The lowest BCUT2D eigenvalue weighted by Gasteiger charge is -2.27. The molecule has 2 rings (SSSR count). The van der Waals surface area contributed by atoms with Crippen LogP contribution in [0.4, 0.5) is 0 Å². The predicted molar refractivity (Wildman–Crippen MR) is 60.1 cm³/mol. The summed E-state index contributed by atoms with van der Waals surface area (Å²) in [6.45, 7) is 2.94. The number of carbonyl (C=O) groups is 1. The van der Waals surface area contributed by atoms with E-state index >= 15 is 0 Å². The molecule has 2 aliphatic rings. The van der Waals surface area contributed by atoms with E-state index in [4.69, 9.17) is 4.74 Å². The van der Waals surface area contributed by atoms with Gasteiger partial charge in [-0.3, -0.25) is 4.79 Å². The summed E-state index contributed by atoms with van der Waals surface area (Å²) in [4.78, 5) is 11.4. The Morgan fingerprint density at radius 3 is 2.80 bits per heavy atom. The van der Waals surface area contributed by atoms with E-state index < -0.39 is 0 Å². The van der Waals surface area contributed by atoms with Crippen LogP contribution in [0.2, 0.25) is 0 Å². The number of hydrogen-bond acceptors (Lipinski definition) is 3. The number of carbonyl (C=O) groups excluding carboxylic acids is 1. The quantitative estimate of drug-likeness (QED) is 0.679. The zero-order chi connectivity index (χ0) is 9.80. The van der Waals surface area contributed by atoms with Gasteiger partial charge in [0.25, 0.3) is 0 Å². The van der Waals surface area contributed by atoms with Gasteiger partial charge in [-0.15, -0.1) is 12.4 Å². The van der Waals surface area contributed by atoms with Gasteiger partial charge in [-0.25, -0.2) is 0 Å². The molecular formula is C10H17ClN2O2. The van der Waals surface area contributed by atoms with Crippen LogP contribution in [-0.2, 0) is 9.53 Å². The Morgan fingerprint density at radius 1 is 1.47 bits per heavy atom. The van der Waals surface area contributed by atoms with Gasteiger partial charge >= 0.3 is 0 Å². The number of rotatable bonds is 3. The molecule has 0 aliphatic carbocycles. The fourth-order valence-corrected chi connectivity index (χ4v) is 1.55. The normalized spacial score (nSPS) is 25.2. The molecule has 0 bridgehead atoms. The lowest BCUT2D eigenvalue weighted by molar-refractivity contribution is -0.127. The number of nitrogens with one attached hydrogen (secondary N) is 2. The second kappa shape index (κ2) is 6.10. The van der Waals surface area contributed by atoms with Crippen LogP contribution in [0.5, 0.6) is 0 Å². The van der Waals surface area contributed by atoms with Crippen molar-refractivity contribution in [2.24, 2.45) is 5.92 Å². The SMILES string of the molecule is Cl.O=C(NCC1CC=CCO1)C1CNC1. The van der Waals surface area contributed by atoms with Gasteiger partial charge in [-0.2, -0.15) is 0 Å². The van der Waals surface area contributed by atoms with Crippen LogP contribution in [0.15, 0.2) is 12.2 Å². The third kappa shape index (κ3) is 3.48. The number of hydrogen-bond donors (Lipinski definition) is 2. The van der Waals surface area contributed by atoms with E-state index in [1.54, 1.807) is 0 Å². The Hall–Kier alpha value is -0.580. The molecule has 1 amide bonds. The molecule has 15 heavy (non-hydrogen) atoms. The van der Waals surface area contributed by atoms with Gasteiger partial charge in [0.2, 0.25) is 5.91 Å². The van der Waals surface area contributed by atoms with Gasteiger partial charge in [0.15, 0.2) is 0 Å². The van der Waals surface area contributed by atoms with Gasteiger partial charge in [0.05, 0.1) is 18.6 Å². The first-order chi connectivity index (χ1) is 6.86. The molecule has 0 aromatic heterocycles. The number of ether oxygens (including phenoxy) is 1. The van der Waals surface area contributed by atoms with Crippen molar-refractivity contribution < 1.29 is 9.53 Å². The van der Waals surface area contributed by atoms with E-state index in [-0.39, 0.29) is 30.3 Å². The summed E-state index contributed by atoms with van der Waals surface area (Å²) in [5.41, 5.74) is 0. The highest BCUT2D eigenvalue weighted by Gasteiger charge is 2.25. The number of halogens is 1. The van der Waals surface area contributed by atoms with Crippen molar-refractivity contribution in [3.8, 4) is 0 Å². The van der Waals surface area contributed by atoms with Crippen LogP contribution in [0.25, 0.3) is 0 Å². The largest absolute Gasteiger partial charge is 0.372 e. The highest BCUT2D eigenvalue weighted by atomic mass is 35.5. The van der Waals surface area contributed by atoms with Crippen LogP contribution in [-0.4, -0.2) is 38.3 Å². The van der Waals surface area contributed by atoms with Gasteiger partial charge < -0.3 is 15.4 Å². The average molecular weight is 233 g/mol. The van der Waals surface area contributed by atoms with Crippen molar-refractivity contribution in [2.75, 3.05) is 26.2 Å².